The molecule has 1 saturated heterocycles. The van der Waals surface area contributed by atoms with E-state index in [1.165, 1.54) is 5.56 Å². The number of nitrogens with one attached hydrogen (secondary N) is 2. The lowest BCUT2D eigenvalue weighted by atomic mass is 9.88. The van der Waals surface area contributed by atoms with Crippen molar-refractivity contribution in [2.24, 2.45) is 0 Å². The van der Waals surface area contributed by atoms with E-state index in [9.17, 15) is 19.2 Å². The van der Waals surface area contributed by atoms with Gasteiger partial charge >= 0.3 is 12.0 Å². The van der Waals surface area contributed by atoms with Crippen LogP contribution in [0.4, 0.5) is 4.79 Å². The van der Waals surface area contributed by atoms with Gasteiger partial charge in [0.05, 0.1) is 6.04 Å². The quantitative estimate of drug-likeness (QED) is 0.568. The molecule has 150 valence electrons. The van der Waals surface area contributed by atoms with E-state index in [1.54, 1.807) is 13.8 Å². The van der Waals surface area contributed by atoms with E-state index in [4.69, 9.17) is 4.74 Å². The number of aryl methyl sites for hydroxylation is 1. The van der Waals surface area contributed by atoms with Crippen molar-refractivity contribution in [3.8, 4) is 0 Å². The molecule has 3 rings (SSSR count). The number of nitrogens with zero attached hydrogens (tertiary/aromatic N) is 1. The van der Waals surface area contributed by atoms with Gasteiger partial charge < -0.3 is 15.4 Å². The average molecular weight is 387 g/mol. The normalized spacial score (nSPS) is 23.8. The van der Waals surface area contributed by atoms with Crippen molar-refractivity contribution >= 4 is 23.8 Å². The van der Waals surface area contributed by atoms with Gasteiger partial charge in [0, 0.05) is 0 Å². The maximum Gasteiger partial charge on any atom is 0.326 e. The highest BCUT2D eigenvalue weighted by atomic mass is 16.5. The molecular formula is C20H25N3O5. The zero-order valence-electron chi connectivity index (χ0n) is 16.1. The number of imide groups is 1. The number of urea groups is 1. The monoisotopic (exact) mass is 387 g/mol. The summed E-state index contributed by atoms with van der Waals surface area (Å²) in [6.45, 7) is 2.41. The number of esters is 1. The minimum Gasteiger partial charge on any atom is -0.454 e. The fraction of sp³-hybridized carbons (Fsp3) is 0.500. The van der Waals surface area contributed by atoms with Crippen LogP contribution in [0, 0.1) is 0 Å². The summed E-state index contributed by atoms with van der Waals surface area (Å²) >= 11 is 0. The third-order valence-electron chi connectivity index (χ3n) is 5.41. The van der Waals surface area contributed by atoms with E-state index in [0.717, 1.165) is 29.7 Å². The second-order valence-corrected chi connectivity index (χ2v) is 7.38. The lowest BCUT2D eigenvalue weighted by Crippen LogP contribution is -2.43. The summed E-state index contributed by atoms with van der Waals surface area (Å²) in [6, 6.07) is 7.22. The van der Waals surface area contributed by atoms with Gasteiger partial charge in [-0.15, -0.1) is 0 Å². The Labute approximate surface area is 163 Å². The second kappa shape index (κ2) is 8.00. The minimum atomic E-state index is -1.01. The zero-order valence-corrected chi connectivity index (χ0v) is 16.1. The van der Waals surface area contributed by atoms with Crippen LogP contribution in [0.1, 0.15) is 50.3 Å². The van der Waals surface area contributed by atoms with Gasteiger partial charge in [0.15, 0.2) is 6.61 Å². The SMILES string of the molecule is CCC1(C)NC(=O)N(CC(=O)OCC(=O)NC2CCCc3ccccc32)C1=O. The number of carbonyl (C=O) groups is 4. The third-order valence-corrected chi connectivity index (χ3v) is 5.41. The number of amides is 4. The Morgan fingerprint density at radius 3 is 2.79 bits per heavy atom. The molecule has 1 heterocycles. The number of benzene rings is 1. The molecule has 0 aromatic heterocycles. The molecule has 0 saturated carbocycles. The lowest BCUT2D eigenvalue weighted by molar-refractivity contribution is -0.151. The third kappa shape index (κ3) is 4.00. The molecule has 1 aromatic carbocycles. The topological polar surface area (TPSA) is 105 Å². The van der Waals surface area contributed by atoms with Crippen molar-refractivity contribution < 1.29 is 23.9 Å². The Balaban J connectivity index is 1.50. The van der Waals surface area contributed by atoms with Gasteiger partial charge in [-0.1, -0.05) is 31.2 Å². The van der Waals surface area contributed by atoms with Crippen LogP contribution in [0.15, 0.2) is 24.3 Å². The first-order valence-corrected chi connectivity index (χ1v) is 9.51. The van der Waals surface area contributed by atoms with Gasteiger partial charge in [0.2, 0.25) is 0 Å². The van der Waals surface area contributed by atoms with Crippen molar-refractivity contribution in [2.45, 2.75) is 51.1 Å². The van der Waals surface area contributed by atoms with Crippen molar-refractivity contribution in [1.29, 1.82) is 0 Å². The number of hydrogen-bond donors (Lipinski definition) is 2. The maximum absolute atomic E-state index is 12.3. The highest BCUT2D eigenvalue weighted by Crippen LogP contribution is 2.29. The maximum atomic E-state index is 12.3. The van der Waals surface area contributed by atoms with Gasteiger partial charge in [0.25, 0.3) is 11.8 Å². The summed E-state index contributed by atoms with van der Waals surface area (Å²) in [5.41, 5.74) is 1.29. The van der Waals surface area contributed by atoms with E-state index in [1.807, 2.05) is 18.2 Å². The van der Waals surface area contributed by atoms with Crippen LogP contribution >= 0.6 is 0 Å². The Kier molecular flexibility index (Phi) is 5.67. The molecule has 2 aliphatic rings. The Bertz CT molecular complexity index is 809. The van der Waals surface area contributed by atoms with E-state index < -0.39 is 42.5 Å². The molecule has 4 amide bonds. The fourth-order valence-corrected chi connectivity index (χ4v) is 3.59. The van der Waals surface area contributed by atoms with Crippen LogP contribution in [-0.4, -0.2) is 47.4 Å². The predicted molar refractivity (Wildman–Crippen MR) is 100 cm³/mol. The molecule has 2 unspecified atom stereocenters. The highest BCUT2D eigenvalue weighted by molar-refractivity contribution is 6.08. The molecule has 2 N–H and O–H groups in total. The van der Waals surface area contributed by atoms with Gasteiger partial charge in [-0.3, -0.25) is 19.3 Å². The number of hydrogen-bond acceptors (Lipinski definition) is 5. The Morgan fingerprint density at radius 2 is 2.07 bits per heavy atom. The molecule has 1 aliphatic carbocycles. The lowest BCUT2D eigenvalue weighted by Gasteiger charge is -2.26. The molecular weight excluding hydrogens is 362 g/mol. The first kappa shape index (κ1) is 19.9. The summed E-state index contributed by atoms with van der Waals surface area (Å²) in [5, 5.41) is 5.45. The Hall–Kier alpha value is -2.90. The molecule has 1 fully saturated rings. The average Bonchev–Trinajstić information content (AvgIpc) is 2.90. The fourth-order valence-electron chi connectivity index (χ4n) is 3.59. The first-order valence-electron chi connectivity index (χ1n) is 9.51. The van der Waals surface area contributed by atoms with E-state index in [-0.39, 0.29) is 6.04 Å². The molecule has 0 bridgehead atoms. The molecule has 2 atom stereocenters. The van der Waals surface area contributed by atoms with Crippen molar-refractivity contribution in [1.82, 2.24) is 15.5 Å². The van der Waals surface area contributed by atoms with E-state index in [0.29, 0.717) is 6.42 Å². The van der Waals surface area contributed by atoms with Gasteiger partial charge in [-0.05, 0) is 43.7 Å². The molecule has 1 aromatic rings. The highest BCUT2D eigenvalue weighted by Gasteiger charge is 2.47. The predicted octanol–water partition coefficient (Wildman–Crippen LogP) is 1.44. The largest absolute Gasteiger partial charge is 0.454 e. The summed E-state index contributed by atoms with van der Waals surface area (Å²) in [6.07, 6.45) is 3.20. The number of fused-ring (bicyclic) bond motifs is 1. The molecule has 0 spiro atoms. The van der Waals surface area contributed by atoms with Crippen LogP contribution in [-0.2, 0) is 25.5 Å². The van der Waals surface area contributed by atoms with Crippen LogP contribution < -0.4 is 10.6 Å². The molecule has 0 radical (unpaired) electrons. The van der Waals surface area contributed by atoms with Crippen LogP contribution in [0.25, 0.3) is 0 Å². The van der Waals surface area contributed by atoms with Crippen molar-refractivity contribution in [3.05, 3.63) is 35.4 Å². The van der Waals surface area contributed by atoms with Crippen molar-refractivity contribution in [2.75, 3.05) is 13.2 Å². The Morgan fingerprint density at radius 1 is 1.32 bits per heavy atom. The number of carbonyl (C=O) groups excluding carboxylic acids is 4. The van der Waals surface area contributed by atoms with Crippen LogP contribution in [0.2, 0.25) is 0 Å². The van der Waals surface area contributed by atoms with Gasteiger partial charge in [0.1, 0.15) is 12.1 Å². The zero-order chi connectivity index (χ0) is 20.3. The smallest absolute Gasteiger partial charge is 0.326 e. The van der Waals surface area contributed by atoms with E-state index in [2.05, 4.69) is 16.7 Å². The number of rotatable bonds is 6. The van der Waals surface area contributed by atoms with Crippen molar-refractivity contribution in [3.63, 3.8) is 0 Å². The molecule has 8 nitrogen and oxygen atoms in total. The molecule has 8 heteroatoms. The number of ether oxygens (including phenoxy) is 1. The first-order chi connectivity index (χ1) is 13.3. The molecule has 1 aliphatic heterocycles. The summed E-state index contributed by atoms with van der Waals surface area (Å²) in [5.74, 6) is -1.69. The minimum absolute atomic E-state index is 0.104. The summed E-state index contributed by atoms with van der Waals surface area (Å²) in [7, 11) is 0. The summed E-state index contributed by atoms with van der Waals surface area (Å²) < 4.78 is 4.97. The summed E-state index contributed by atoms with van der Waals surface area (Å²) in [4.78, 5) is 49.2. The second-order valence-electron chi connectivity index (χ2n) is 7.38. The van der Waals surface area contributed by atoms with Gasteiger partial charge in [-0.2, -0.15) is 0 Å². The van der Waals surface area contributed by atoms with Crippen LogP contribution in [0.5, 0.6) is 0 Å². The van der Waals surface area contributed by atoms with E-state index >= 15 is 0 Å². The standard InChI is InChI=1S/C20H25N3O5/c1-3-20(2)18(26)23(19(27)22-20)11-17(25)28-12-16(24)21-15-10-6-8-13-7-4-5-9-14(13)15/h4-5,7,9,15H,3,6,8,10-12H2,1-2H3,(H,21,24)(H,22,27). The molecule has 28 heavy (non-hydrogen) atoms. The van der Waals surface area contributed by atoms with Gasteiger partial charge in [-0.25, -0.2) is 4.79 Å². The van der Waals surface area contributed by atoms with Crippen LogP contribution in [0.3, 0.4) is 0 Å².